The van der Waals surface area contributed by atoms with Gasteiger partial charge in [0.25, 0.3) is 0 Å². The molecule has 1 atom stereocenters. The molecule has 0 aliphatic carbocycles. The van der Waals surface area contributed by atoms with Gasteiger partial charge in [0, 0.05) is 0 Å². The highest BCUT2D eigenvalue weighted by atomic mass is 16.5. The molecule has 1 unspecified atom stereocenters. The minimum atomic E-state index is 0.225. The third-order valence-electron chi connectivity index (χ3n) is 3.22. The number of hydrogen-bond donors (Lipinski definition) is 0. The monoisotopic (exact) mass is 274 g/mol. The number of hydrogen-bond acceptors (Lipinski definition) is 1. The van der Waals surface area contributed by atoms with Crippen molar-refractivity contribution in [3.05, 3.63) is 35.9 Å². The summed E-state index contributed by atoms with van der Waals surface area (Å²) in [5.41, 5.74) is 1.23. The van der Waals surface area contributed by atoms with Gasteiger partial charge >= 0.3 is 0 Å². The van der Waals surface area contributed by atoms with Gasteiger partial charge in [-0.25, -0.2) is 0 Å². The van der Waals surface area contributed by atoms with E-state index in [1.807, 2.05) is 6.07 Å². The predicted octanol–water partition coefficient (Wildman–Crippen LogP) is 5.95. The molecule has 0 spiro atoms. The van der Waals surface area contributed by atoms with Crippen LogP contribution in [0.4, 0.5) is 0 Å². The predicted molar refractivity (Wildman–Crippen MR) is 89.1 cm³/mol. The van der Waals surface area contributed by atoms with Crippen molar-refractivity contribution >= 4 is 6.08 Å². The first-order valence-electron chi connectivity index (χ1n) is 7.96. The highest BCUT2D eigenvalue weighted by Crippen LogP contribution is 2.21. The van der Waals surface area contributed by atoms with Crippen molar-refractivity contribution in [2.24, 2.45) is 11.8 Å². The summed E-state index contributed by atoms with van der Waals surface area (Å²) >= 11 is 0. The van der Waals surface area contributed by atoms with E-state index < -0.39 is 0 Å². The number of rotatable bonds is 8. The van der Waals surface area contributed by atoms with E-state index in [1.165, 1.54) is 24.8 Å². The molecule has 1 rings (SSSR count). The molecule has 0 saturated carbocycles. The summed E-state index contributed by atoms with van der Waals surface area (Å²) in [6, 6.07) is 8.35. The highest BCUT2D eigenvalue weighted by molar-refractivity contribution is 5.52. The molecular weight excluding hydrogens is 244 g/mol. The fourth-order valence-corrected chi connectivity index (χ4v) is 2.48. The van der Waals surface area contributed by atoms with Crippen molar-refractivity contribution in [2.75, 3.05) is 0 Å². The van der Waals surface area contributed by atoms with Crippen molar-refractivity contribution in [3.8, 4) is 5.75 Å². The largest absolute Gasteiger partial charge is 0.491 e. The Morgan fingerprint density at radius 2 is 1.90 bits per heavy atom. The zero-order chi connectivity index (χ0) is 15.0. The van der Waals surface area contributed by atoms with E-state index in [2.05, 4.69) is 65.0 Å². The van der Waals surface area contributed by atoms with Crippen LogP contribution in [-0.2, 0) is 0 Å². The van der Waals surface area contributed by atoms with Crippen LogP contribution in [0.25, 0.3) is 6.08 Å². The van der Waals surface area contributed by atoms with E-state index >= 15 is 0 Å². The molecule has 0 heterocycles. The lowest BCUT2D eigenvalue weighted by Crippen LogP contribution is -2.05. The molecule has 0 saturated heterocycles. The van der Waals surface area contributed by atoms with Crippen LogP contribution >= 0.6 is 0 Å². The average Bonchev–Trinajstić information content (AvgIpc) is 2.35. The van der Waals surface area contributed by atoms with Gasteiger partial charge in [-0.05, 0) is 56.2 Å². The number of allylic oxidation sites excluding steroid dienone is 1. The topological polar surface area (TPSA) is 9.23 Å². The molecule has 0 aromatic heterocycles. The van der Waals surface area contributed by atoms with Gasteiger partial charge in [-0.3, -0.25) is 0 Å². The second-order valence-corrected chi connectivity index (χ2v) is 6.28. The van der Waals surface area contributed by atoms with Crippen LogP contribution in [0.2, 0.25) is 0 Å². The van der Waals surface area contributed by atoms with Gasteiger partial charge in [0.1, 0.15) is 5.75 Å². The number of benzene rings is 1. The summed E-state index contributed by atoms with van der Waals surface area (Å²) < 4.78 is 5.74. The summed E-state index contributed by atoms with van der Waals surface area (Å²) in [7, 11) is 0. The van der Waals surface area contributed by atoms with Crippen LogP contribution in [0.1, 0.15) is 59.4 Å². The van der Waals surface area contributed by atoms with Crippen molar-refractivity contribution in [2.45, 2.75) is 60.0 Å². The third kappa shape index (κ3) is 6.79. The summed E-state index contributed by atoms with van der Waals surface area (Å²) in [4.78, 5) is 0. The third-order valence-corrected chi connectivity index (χ3v) is 3.22. The Morgan fingerprint density at radius 3 is 2.50 bits per heavy atom. The Balaban J connectivity index is 2.71. The molecule has 0 amide bonds. The SMILES string of the molecule is CCCC(/C=C/c1cccc(OC(C)C)c1)CC(C)C. The van der Waals surface area contributed by atoms with Crippen molar-refractivity contribution in [3.63, 3.8) is 0 Å². The second kappa shape index (κ2) is 8.84. The maximum Gasteiger partial charge on any atom is 0.120 e. The van der Waals surface area contributed by atoms with Gasteiger partial charge in [-0.1, -0.05) is 51.5 Å². The smallest absolute Gasteiger partial charge is 0.120 e. The minimum Gasteiger partial charge on any atom is -0.491 e. The van der Waals surface area contributed by atoms with Crippen molar-refractivity contribution in [1.29, 1.82) is 0 Å². The van der Waals surface area contributed by atoms with E-state index in [4.69, 9.17) is 4.74 Å². The van der Waals surface area contributed by atoms with E-state index in [9.17, 15) is 0 Å². The Kier molecular flexibility index (Phi) is 7.43. The molecule has 0 aliphatic rings. The Labute approximate surface area is 125 Å². The average molecular weight is 274 g/mol. The zero-order valence-electron chi connectivity index (χ0n) is 13.7. The molecule has 1 nitrogen and oxygen atoms in total. The van der Waals surface area contributed by atoms with Crippen LogP contribution in [0.3, 0.4) is 0 Å². The lowest BCUT2D eigenvalue weighted by atomic mass is 9.92. The van der Waals surface area contributed by atoms with Crippen LogP contribution < -0.4 is 4.74 Å². The van der Waals surface area contributed by atoms with Crippen LogP contribution in [0.5, 0.6) is 5.75 Å². The van der Waals surface area contributed by atoms with Gasteiger partial charge < -0.3 is 4.74 Å². The molecule has 0 fully saturated rings. The molecule has 112 valence electrons. The van der Waals surface area contributed by atoms with Crippen LogP contribution in [0.15, 0.2) is 30.3 Å². The quantitative estimate of drug-likeness (QED) is 0.569. The van der Waals surface area contributed by atoms with Gasteiger partial charge in [0.05, 0.1) is 6.10 Å². The normalized spacial score (nSPS) is 13.3. The zero-order valence-corrected chi connectivity index (χ0v) is 13.7. The fourth-order valence-electron chi connectivity index (χ4n) is 2.48. The summed E-state index contributed by atoms with van der Waals surface area (Å²) in [6.45, 7) is 11.0. The fraction of sp³-hybridized carbons (Fsp3) is 0.579. The molecule has 0 aliphatic heterocycles. The standard InChI is InChI=1S/C19H30O/c1-6-8-17(13-15(2)3)11-12-18-9-7-10-19(14-18)20-16(4)5/h7,9-12,14-17H,6,8,13H2,1-5H3/b12-11+. The number of ether oxygens (including phenoxy) is 1. The first-order chi connectivity index (χ1) is 9.51. The van der Waals surface area contributed by atoms with E-state index in [-0.39, 0.29) is 6.10 Å². The van der Waals surface area contributed by atoms with Gasteiger partial charge in [-0.15, -0.1) is 0 Å². The first kappa shape index (κ1) is 16.8. The summed E-state index contributed by atoms with van der Waals surface area (Å²) in [5, 5.41) is 0. The molecular formula is C19H30O. The second-order valence-electron chi connectivity index (χ2n) is 6.28. The molecule has 20 heavy (non-hydrogen) atoms. The minimum absolute atomic E-state index is 0.225. The van der Waals surface area contributed by atoms with Crippen LogP contribution in [0, 0.1) is 11.8 Å². The Hall–Kier alpha value is -1.24. The Morgan fingerprint density at radius 1 is 1.15 bits per heavy atom. The molecule has 0 radical (unpaired) electrons. The molecule has 1 aromatic rings. The van der Waals surface area contributed by atoms with Crippen molar-refractivity contribution < 1.29 is 4.74 Å². The van der Waals surface area contributed by atoms with Crippen LogP contribution in [-0.4, -0.2) is 6.10 Å². The molecule has 1 aromatic carbocycles. The van der Waals surface area contributed by atoms with Gasteiger partial charge in [-0.2, -0.15) is 0 Å². The maximum atomic E-state index is 5.74. The summed E-state index contributed by atoms with van der Waals surface area (Å²) in [6.07, 6.45) is 8.64. The highest BCUT2D eigenvalue weighted by Gasteiger charge is 2.06. The van der Waals surface area contributed by atoms with E-state index in [0.29, 0.717) is 5.92 Å². The molecule has 0 N–H and O–H groups in total. The summed E-state index contributed by atoms with van der Waals surface area (Å²) in [5.74, 6) is 2.40. The maximum absolute atomic E-state index is 5.74. The lowest BCUT2D eigenvalue weighted by molar-refractivity contribution is 0.242. The Bertz CT molecular complexity index is 404. The lowest BCUT2D eigenvalue weighted by Gasteiger charge is -2.14. The van der Waals surface area contributed by atoms with Gasteiger partial charge in [0.2, 0.25) is 0 Å². The van der Waals surface area contributed by atoms with Gasteiger partial charge in [0.15, 0.2) is 0 Å². The van der Waals surface area contributed by atoms with E-state index in [0.717, 1.165) is 11.7 Å². The van der Waals surface area contributed by atoms with E-state index in [1.54, 1.807) is 0 Å². The molecule has 0 bridgehead atoms. The van der Waals surface area contributed by atoms with Crippen molar-refractivity contribution in [1.82, 2.24) is 0 Å². The molecule has 1 heteroatoms. The first-order valence-corrected chi connectivity index (χ1v) is 7.96.